The second kappa shape index (κ2) is 6.43. The lowest BCUT2D eigenvalue weighted by atomic mass is 10.1. The minimum absolute atomic E-state index is 0.270. The van der Waals surface area contributed by atoms with Crippen molar-refractivity contribution in [3.63, 3.8) is 0 Å². The lowest BCUT2D eigenvalue weighted by molar-refractivity contribution is 0.264. The van der Waals surface area contributed by atoms with Crippen LogP contribution in [0.2, 0.25) is 0 Å². The highest BCUT2D eigenvalue weighted by Gasteiger charge is 2.09. The lowest BCUT2D eigenvalue weighted by Gasteiger charge is -2.04. The van der Waals surface area contributed by atoms with Crippen molar-refractivity contribution in [2.45, 2.75) is 26.9 Å². The standard InChI is InChI=1S/C18H18N2O2/c1-3-14-7-5-9-16(11-14)21-12-17-19-20-18(22-17)15-8-4-6-13(2)10-15/h4-11H,3,12H2,1-2H3. The molecule has 4 heteroatoms. The van der Waals surface area contributed by atoms with Crippen molar-refractivity contribution in [1.82, 2.24) is 10.2 Å². The van der Waals surface area contributed by atoms with Gasteiger partial charge in [0.05, 0.1) is 0 Å². The fraction of sp³-hybridized carbons (Fsp3) is 0.222. The number of hydrogen-bond acceptors (Lipinski definition) is 4. The average Bonchev–Trinajstić information content (AvgIpc) is 3.02. The Balaban J connectivity index is 1.69. The molecule has 0 radical (unpaired) electrons. The molecule has 0 aliphatic heterocycles. The Kier molecular flexibility index (Phi) is 4.19. The van der Waals surface area contributed by atoms with Crippen LogP contribution in [0.1, 0.15) is 23.9 Å². The molecule has 1 aromatic heterocycles. The van der Waals surface area contributed by atoms with Gasteiger partial charge >= 0.3 is 0 Å². The van der Waals surface area contributed by atoms with E-state index in [2.05, 4.69) is 23.2 Å². The molecule has 0 aliphatic carbocycles. The van der Waals surface area contributed by atoms with E-state index in [1.807, 2.05) is 49.4 Å². The maximum Gasteiger partial charge on any atom is 0.254 e. The lowest BCUT2D eigenvalue weighted by Crippen LogP contribution is -1.96. The molecular formula is C18H18N2O2. The molecule has 0 spiro atoms. The van der Waals surface area contributed by atoms with Gasteiger partial charge in [0.2, 0.25) is 5.89 Å². The number of benzene rings is 2. The number of hydrogen-bond donors (Lipinski definition) is 0. The van der Waals surface area contributed by atoms with Gasteiger partial charge in [-0.2, -0.15) is 0 Å². The van der Waals surface area contributed by atoms with Gasteiger partial charge in [-0.05, 0) is 43.2 Å². The number of ether oxygens (including phenoxy) is 1. The Labute approximate surface area is 129 Å². The van der Waals surface area contributed by atoms with Crippen molar-refractivity contribution < 1.29 is 9.15 Å². The maximum absolute atomic E-state index is 5.71. The van der Waals surface area contributed by atoms with Crippen molar-refractivity contribution >= 4 is 0 Å². The van der Waals surface area contributed by atoms with Crippen LogP contribution in [0.5, 0.6) is 5.75 Å². The van der Waals surface area contributed by atoms with Gasteiger partial charge in [0.1, 0.15) is 5.75 Å². The summed E-state index contributed by atoms with van der Waals surface area (Å²) in [7, 11) is 0. The van der Waals surface area contributed by atoms with Gasteiger partial charge in [-0.1, -0.05) is 36.8 Å². The van der Waals surface area contributed by atoms with Crippen molar-refractivity contribution in [3.8, 4) is 17.2 Å². The van der Waals surface area contributed by atoms with Crippen LogP contribution < -0.4 is 4.74 Å². The molecule has 3 rings (SSSR count). The maximum atomic E-state index is 5.71. The Morgan fingerprint density at radius 3 is 2.73 bits per heavy atom. The third kappa shape index (κ3) is 3.34. The minimum atomic E-state index is 0.270. The third-order valence-corrected chi connectivity index (χ3v) is 3.40. The largest absolute Gasteiger partial charge is 0.484 e. The fourth-order valence-corrected chi connectivity index (χ4v) is 2.21. The topological polar surface area (TPSA) is 48.2 Å². The fourth-order valence-electron chi connectivity index (χ4n) is 2.21. The normalized spacial score (nSPS) is 10.6. The van der Waals surface area contributed by atoms with Crippen molar-refractivity contribution in [1.29, 1.82) is 0 Å². The van der Waals surface area contributed by atoms with Gasteiger partial charge in [0.25, 0.3) is 5.89 Å². The molecule has 2 aromatic carbocycles. The predicted octanol–water partition coefficient (Wildman–Crippen LogP) is 4.19. The summed E-state index contributed by atoms with van der Waals surface area (Å²) in [6.07, 6.45) is 0.981. The molecule has 0 saturated carbocycles. The van der Waals surface area contributed by atoms with Crippen LogP contribution in [0, 0.1) is 6.92 Å². The molecule has 0 bridgehead atoms. The molecule has 0 amide bonds. The van der Waals surface area contributed by atoms with Gasteiger partial charge in [-0.15, -0.1) is 10.2 Å². The number of nitrogens with zero attached hydrogens (tertiary/aromatic N) is 2. The first kappa shape index (κ1) is 14.3. The zero-order chi connectivity index (χ0) is 15.4. The molecule has 0 atom stereocenters. The molecule has 4 nitrogen and oxygen atoms in total. The van der Waals surface area contributed by atoms with E-state index in [0.29, 0.717) is 11.8 Å². The van der Waals surface area contributed by atoms with Crippen molar-refractivity contribution in [3.05, 3.63) is 65.5 Å². The molecule has 0 fully saturated rings. The average molecular weight is 294 g/mol. The Hall–Kier alpha value is -2.62. The first-order valence-electron chi connectivity index (χ1n) is 7.36. The van der Waals surface area contributed by atoms with Crippen LogP contribution in [0.25, 0.3) is 11.5 Å². The van der Waals surface area contributed by atoms with E-state index >= 15 is 0 Å². The monoisotopic (exact) mass is 294 g/mol. The second-order valence-corrected chi connectivity index (χ2v) is 5.16. The summed E-state index contributed by atoms with van der Waals surface area (Å²) in [5, 5.41) is 8.12. The van der Waals surface area contributed by atoms with Crippen LogP contribution in [-0.2, 0) is 13.0 Å². The van der Waals surface area contributed by atoms with E-state index in [1.54, 1.807) is 0 Å². The van der Waals surface area contributed by atoms with Crippen molar-refractivity contribution in [2.75, 3.05) is 0 Å². The zero-order valence-corrected chi connectivity index (χ0v) is 12.7. The number of rotatable bonds is 5. The highest BCUT2D eigenvalue weighted by atomic mass is 16.5. The molecule has 0 unspecified atom stereocenters. The second-order valence-electron chi connectivity index (χ2n) is 5.16. The molecular weight excluding hydrogens is 276 g/mol. The molecule has 0 aliphatic rings. The molecule has 112 valence electrons. The first-order valence-corrected chi connectivity index (χ1v) is 7.36. The molecule has 22 heavy (non-hydrogen) atoms. The van der Waals surface area contributed by atoms with Gasteiger partial charge in [-0.3, -0.25) is 0 Å². The molecule has 3 aromatic rings. The van der Waals surface area contributed by atoms with Crippen LogP contribution in [0.4, 0.5) is 0 Å². The van der Waals surface area contributed by atoms with Gasteiger partial charge < -0.3 is 9.15 Å². The van der Waals surface area contributed by atoms with Gasteiger partial charge in [0, 0.05) is 5.56 Å². The Morgan fingerprint density at radius 1 is 1.05 bits per heavy atom. The van der Waals surface area contributed by atoms with Crippen LogP contribution >= 0.6 is 0 Å². The van der Waals surface area contributed by atoms with Gasteiger partial charge in [0.15, 0.2) is 6.61 Å². The smallest absolute Gasteiger partial charge is 0.254 e. The van der Waals surface area contributed by atoms with E-state index in [9.17, 15) is 0 Å². The van der Waals surface area contributed by atoms with Gasteiger partial charge in [-0.25, -0.2) is 0 Å². The van der Waals surface area contributed by atoms with E-state index < -0.39 is 0 Å². The molecule has 0 saturated heterocycles. The van der Waals surface area contributed by atoms with E-state index in [4.69, 9.17) is 9.15 Å². The Morgan fingerprint density at radius 2 is 1.91 bits per heavy atom. The van der Waals surface area contributed by atoms with Crippen LogP contribution in [0.3, 0.4) is 0 Å². The highest BCUT2D eigenvalue weighted by Crippen LogP contribution is 2.20. The summed E-state index contributed by atoms with van der Waals surface area (Å²) in [6.45, 7) is 4.42. The highest BCUT2D eigenvalue weighted by molar-refractivity contribution is 5.53. The first-order chi connectivity index (χ1) is 10.7. The van der Waals surface area contributed by atoms with Crippen LogP contribution in [-0.4, -0.2) is 10.2 Å². The quantitative estimate of drug-likeness (QED) is 0.708. The third-order valence-electron chi connectivity index (χ3n) is 3.40. The minimum Gasteiger partial charge on any atom is -0.484 e. The zero-order valence-electron chi connectivity index (χ0n) is 12.7. The summed E-state index contributed by atoms with van der Waals surface area (Å²) in [6, 6.07) is 16.0. The SMILES string of the molecule is CCc1cccc(OCc2nnc(-c3cccc(C)c3)o2)c1. The number of aromatic nitrogens is 2. The predicted molar refractivity (Wildman–Crippen MR) is 84.6 cm³/mol. The Bertz CT molecular complexity index is 765. The summed E-state index contributed by atoms with van der Waals surface area (Å²) in [4.78, 5) is 0. The summed E-state index contributed by atoms with van der Waals surface area (Å²) in [5.41, 5.74) is 3.32. The van der Waals surface area contributed by atoms with E-state index in [-0.39, 0.29) is 6.61 Å². The molecule has 1 heterocycles. The van der Waals surface area contributed by atoms with Crippen LogP contribution in [0.15, 0.2) is 52.9 Å². The summed E-state index contributed by atoms with van der Waals surface area (Å²) < 4.78 is 11.4. The summed E-state index contributed by atoms with van der Waals surface area (Å²) >= 11 is 0. The van der Waals surface area contributed by atoms with E-state index in [0.717, 1.165) is 23.3 Å². The van der Waals surface area contributed by atoms with Crippen molar-refractivity contribution in [2.24, 2.45) is 0 Å². The van der Waals surface area contributed by atoms with E-state index in [1.165, 1.54) is 5.56 Å². The molecule has 0 N–H and O–H groups in total. The summed E-state index contributed by atoms with van der Waals surface area (Å²) in [5.74, 6) is 1.80. The number of aryl methyl sites for hydroxylation is 2.